The second-order valence-corrected chi connectivity index (χ2v) is 9.72. The average molecular weight is 437 g/mol. The number of fused-ring (bicyclic) bond motifs is 1. The molecule has 1 atom stereocenters. The van der Waals surface area contributed by atoms with Crippen molar-refractivity contribution < 1.29 is 13.2 Å². The first-order valence-electron chi connectivity index (χ1n) is 9.98. The number of thiophene rings is 1. The van der Waals surface area contributed by atoms with Crippen molar-refractivity contribution in [3.63, 3.8) is 0 Å². The van der Waals surface area contributed by atoms with E-state index in [0.717, 1.165) is 55.1 Å². The zero-order chi connectivity index (χ0) is 21.1. The summed E-state index contributed by atoms with van der Waals surface area (Å²) in [6, 6.07) is 1.93. The summed E-state index contributed by atoms with van der Waals surface area (Å²) < 4.78 is 40.5. The van der Waals surface area contributed by atoms with Gasteiger partial charge in [-0.1, -0.05) is 0 Å². The van der Waals surface area contributed by atoms with Gasteiger partial charge in [0, 0.05) is 55.8 Å². The average Bonchev–Trinajstić information content (AvgIpc) is 3.35. The molecule has 2 aliphatic rings. The molecule has 1 spiro atoms. The van der Waals surface area contributed by atoms with Crippen LogP contribution in [-0.2, 0) is 13.5 Å². The summed E-state index contributed by atoms with van der Waals surface area (Å²) in [6.45, 7) is 5.96. The molecule has 3 aromatic rings. The van der Waals surface area contributed by atoms with Crippen molar-refractivity contribution in [3.05, 3.63) is 35.5 Å². The van der Waals surface area contributed by atoms with Crippen molar-refractivity contribution in [3.8, 4) is 0 Å². The van der Waals surface area contributed by atoms with Gasteiger partial charge in [-0.25, -0.2) is 15.0 Å². The van der Waals surface area contributed by atoms with Gasteiger partial charge in [-0.15, -0.1) is 11.3 Å². The molecule has 0 radical (unpaired) electrons. The molecule has 3 aromatic heterocycles. The Bertz CT molecular complexity index is 1070. The minimum absolute atomic E-state index is 0.217. The van der Waals surface area contributed by atoms with E-state index in [1.54, 1.807) is 6.07 Å². The molecular formula is C20H23F3N6S. The predicted molar refractivity (Wildman–Crippen MR) is 110 cm³/mol. The number of halogens is 3. The Morgan fingerprint density at radius 2 is 2.03 bits per heavy atom. The van der Waals surface area contributed by atoms with E-state index in [4.69, 9.17) is 0 Å². The third-order valence-corrected chi connectivity index (χ3v) is 7.42. The molecule has 2 saturated heterocycles. The highest BCUT2D eigenvalue weighted by Crippen LogP contribution is 2.45. The zero-order valence-electron chi connectivity index (χ0n) is 16.9. The van der Waals surface area contributed by atoms with Crippen LogP contribution in [0.4, 0.5) is 19.0 Å². The van der Waals surface area contributed by atoms with Crippen molar-refractivity contribution in [2.75, 3.05) is 31.1 Å². The molecule has 0 aromatic carbocycles. The van der Waals surface area contributed by atoms with Gasteiger partial charge in [0.1, 0.15) is 17.0 Å². The number of nitrogens with zero attached hydrogens (tertiary/aromatic N) is 6. The van der Waals surface area contributed by atoms with E-state index in [-0.39, 0.29) is 10.3 Å². The molecule has 0 N–H and O–H groups in total. The van der Waals surface area contributed by atoms with E-state index in [1.165, 1.54) is 12.0 Å². The first-order valence-corrected chi connectivity index (χ1v) is 10.8. The van der Waals surface area contributed by atoms with Gasteiger partial charge in [-0.2, -0.15) is 13.2 Å². The molecule has 5 heterocycles. The fraction of sp³-hybridized carbons (Fsp3) is 0.550. The first kappa shape index (κ1) is 19.7. The van der Waals surface area contributed by atoms with Crippen LogP contribution in [0.2, 0.25) is 0 Å². The molecule has 2 fully saturated rings. The van der Waals surface area contributed by atoms with Crippen molar-refractivity contribution in [1.82, 2.24) is 24.4 Å². The van der Waals surface area contributed by atoms with Crippen LogP contribution < -0.4 is 4.90 Å². The molecular weight excluding hydrogens is 413 g/mol. The fourth-order valence-corrected chi connectivity index (χ4v) is 5.87. The second kappa shape index (κ2) is 6.91. The summed E-state index contributed by atoms with van der Waals surface area (Å²) in [5.41, 5.74) is 1.42. The van der Waals surface area contributed by atoms with Crippen LogP contribution in [0.15, 0.2) is 24.9 Å². The molecule has 0 aliphatic carbocycles. The number of hydrogen-bond donors (Lipinski definition) is 0. The largest absolute Gasteiger partial charge is 0.393 e. The summed E-state index contributed by atoms with van der Waals surface area (Å²) in [5, 5.41) is 0.734. The number of alkyl halides is 3. The molecule has 0 saturated carbocycles. The van der Waals surface area contributed by atoms with Crippen LogP contribution in [0, 0.1) is 5.41 Å². The molecule has 2 aliphatic heterocycles. The van der Waals surface area contributed by atoms with E-state index in [9.17, 15) is 13.2 Å². The molecule has 5 rings (SSSR count). The van der Waals surface area contributed by atoms with Crippen LogP contribution in [0.5, 0.6) is 0 Å². The molecule has 10 heteroatoms. The number of rotatable bonds is 4. The van der Waals surface area contributed by atoms with Gasteiger partial charge in [-0.3, -0.25) is 4.90 Å². The van der Waals surface area contributed by atoms with Gasteiger partial charge in [0.15, 0.2) is 0 Å². The van der Waals surface area contributed by atoms with Crippen LogP contribution >= 0.6 is 11.3 Å². The van der Waals surface area contributed by atoms with E-state index < -0.39 is 12.6 Å². The maximum Gasteiger partial charge on any atom is 0.393 e. The number of likely N-dealkylation sites (tertiary alicyclic amines) is 1. The van der Waals surface area contributed by atoms with Gasteiger partial charge in [0.2, 0.25) is 0 Å². The monoisotopic (exact) mass is 436 g/mol. The SMILES string of the molecule is C[C@H](c1cncn1C)N1CC2(CCN(c3ncnc4sc(CC(F)(F)F)cc34)C2)C1. The maximum atomic E-state index is 12.8. The van der Waals surface area contributed by atoms with Crippen LogP contribution in [0.3, 0.4) is 0 Å². The first-order chi connectivity index (χ1) is 14.2. The van der Waals surface area contributed by atoms with Crippen LogP contribution in [-0.4, -0.2) is 56.8 Å². The lowest BCUT2D eigenvalue weighted by molar-refractivity contribution is -0.126. The predicted octanol–water partition coefficient (Wildman–Crippen LogP) is 3.80. The van der Waals surface area contributed by atoms with Crippen molar-refractivity contribution in [1.29, 1.82) is 0 Å². The second-order valence-electron chi connectivity index (χ2n) is 8.60. The van der Waals surface area contributed by atoms with E-state index in [1.807, 2.05) is 19.6 Å². The van der Waals surface area contributed by atoms with Gasteiger partial charge in [-0.05, 0) is 19.4 Å². The van der Waals surface area contributed by atoms with Gasteiger partial charge in [0.25, 0.3) is 0 Å². The zero-order valence-corrected chi connectivity index (χ0v) is 17.7. The van der Waals surface area contributed by atoms with Gasteiger partial charge in [0.05, 0.1) is 23.8 Å². The molecule has 0 bridgehead atoms. The van der Waals surface area contributed by atoms with E-state index in [2.05, 4.69) is 36.2 Å². The normalized spacial score (nSPS) is 20.2. The maximum absolute atomic E-state index is 12.8. The lowest BCUT2D eigenvalue weighted by Gasteiger charge is -2.50. The Labute approximate surface area is 176 Å². The Balaban J connectivity index is 1.31. The minimum atomic E-state index is -4.22. The molecule has 0 unspecified atom stereocenters. The Hall–Kier alpha value is -2.20. The summed E-state index contributed by atoms with van der Waals surface area (Å²) in [7, 11) is 2.01. The lowest BCUT2D eigenvalue weighted by atomic mass is 9.78. The summed E-state index contributed by atoms with van der Waals surface area (Å²) in [4.78, 5) is 18.5. The molecule has 6 nitrogen and oxygen atoms in total. The lowest BCUT2D eigenvalue weighted by Crippen LogP contribution is -2.58. The minimum Gasteiger partial charge on any atom is -0.355 e. The number of hydrogen-bond acceptors (Lipinski definition) is 6. The number of anilines is 1. The summed E-state index contributed by atoms with van der Waals surface area (Å²) in [5.74, 6) is 0.764. The van der Waals surface area contributed by atoms with Crippen LogP contribution in [0.25, 0.3) is 10.2 Å². The summed E-state index contributed by atoms with van der Waals surface area (Å²) in [6.07, 6.45) is 1.14. The summed E-state index contributed by atoms with van der Waals surface area (Å²) >= 11 is 1.11. The van der Waals surface area contributed by atoms with Crippen LogP contribution in [0.1, 0.15) is 30.0 Å². The highest BCUT2D eigenvalue weighted by Gasteiger charge is 2.49. The third kappa shape index (κ3) is 3.45. The third-order valence-electron chi connectivity index (χ3n) is 6.38. The highest BCUT2D eigenvalue weighted by atomic mass is 32.1. The number of aromatic nitrogens is 4. The number of aryl methyl sites for hydroxylation is 1. The van der Waals surface area contributed by atoms with E-state index in [0.29, 0.717) is 10.9 Å². The van der Waals surface area contributed by atoms with Crippen molar-refractivity contribution in [2.24, 2.45) is 12.5 Å². The Morgan fingerprint density at radius 1 is 1.23 bits per heavy atom. The molecule has 160 valence electrons. The van der Waals surface area contributed by atoms with E-state index >= 15 is 0 Å². The Kier molecular flexibility index (Phi) is 4.55. The van der Waals surface area contributed by atoms with Crippen molar-refractivity contribution in [2.45, 2.75) is 32.0 Å². The quantitative estimate of drug-likeness (QED) is 0.623. The molecule has 0 amide bonds. The van der Waals surface area contributed by atoms with Gasteiger partial charge < -0.3 is 9.47 Å². The number of imidazole rings is 1. The fourth-order valence-electron chi connectivity index (χ4n) is 4.85. The van der Waals surface area contributed by atoms with Gasteiger partial charge >= 0.3 is 6.18 Å². The Morgan fingerprint density at radius 3 is 2.73 bits per heavy atom. The smallest absolute Gasteiger partial charge is 0.355 e. The van der Waals surface area contributed by atoms with Crippen molar-refractivity contribution >= 4 is 27.4 Å². The standard InChI is InChI=1S/C20H23F3N6S/c1-13(16-7-24-12-27(16)2)29-9-19(10-29)3-4-28(8-19)17-15-5-14(6-20(21,22)23)30-18(15)26-11-25-17/h5,7,11-13H,3-4,6,8-10H2,1-2H3/t13-/m1/s1. The molecule has 30 heavy (non-hydrogen) atoms. The highest BCUT2D eigenvalue weighted by molar-refractivity contribution is 7.18. The topological polar surface area (TPSA) is 50.1 Å².